The molecule has 0 aliphatic rings. The Bertz CT molecular complexity index is 576. The van der Waals surface area contributed by atoms with E-state index >= 15 is 0 Å². The first kappa shape index (κ1) is 16.1. The lowest BCUT2D eigenvalue weighted by Crippen LogP contribution is -2.30. The number of carboxylic acid groups (broad SMARTS) is 1. The summed E-state index contributed by atoms with van der Waals surface area (Å²) in [4.78, 5) is 9.99. The average Bonchev–Trinajstić information content (AvgIpc) is 2.25. The van der Waals surface area contributed by atoms with Crippen LogP contribution in [0.4, 0.5) is 4.39 Å². The van der Waals surface area contributed by atoms with Gasteiger partial charge in [0.2, 0.25) is 10.0 Å². The zero-order chi connectivity index (χ0) is 14.6. The summed E-state index contributed by atoms with van der Waals surface area (Å²) >= 11 is 3.03. The lowest BCUT2D eigenvalue weighted by Gasteiger charge is -2.11. The lowest BCUT2D eigenvalue weighted by atomic mass is 10.1. The zero-order valence-electron chi connectivity index (χ0n) is 10.1. The summed E-state index contributed by atoms with van der Waals surface area (Å²) in [7, 11) is -3.98. The highest BCUT2D eigenvalue weighted by atomic mass is 79.9. The number of halogens is 2. The molecule has 1 rings (SSSR count). The molecule has 0 radical (unpaired) electrons. The van der Waals surface area contributed by atoms with Gasteiger partial charge in [-0.1, -0.05) is 22.9 Å². The van der Waals surface area contributed by atoms with Crippen LogP contribution < -0.4 is 4.72 Å². The molecule has 2 N–H and O–H groups in total. The largest absolute Gasteiger partial charge is 0.481 e. The van der Waals surface area contributed by atoms with Gasteiger partial charge in [0, 0.05) is 17.4 Å². The van der Waals surface area contributed by atoms with E-state index in [-0.39, 0.29) is 18.9 Å². The molecule has 0 aliphatic carbocycles. The van der Waals surface area contributed by atoms with Crippen molar-refractivity contribution in [2.24, 2.45) is 5.92 Å². The highest BCUT2D eigenvalue weighted by Crippen LogP contribution is 2.19. The van der Waals surface area contributed by atoms with Gasteiger partial charge in [-0.05, 0) is 24.1 Å². The molecule has 0 heterocycles. The Kier molecular flexibility index (Phi) is 5.45. The minimum absolute atomic E-state index is 0.0653. The van der Waals surface area contributed by atoms with Gasteiger partial charge in [-0.3, -0.25) is 4.79 Å². The molecule has 0 aliphatic heterocycles. The summed E-state index contributed by atoms with van der Waals surface area (Å²) in [5, 5.41) is 8.56. The molecule has 1 unspecified atom stereocenters. The van der Waals surface area contributed by atoms with E-state index < -0.39 is 26.7 Å². The summed E-state index contributed by atoms with van der Waals surface area (Å²) in [6.45, 7) is 1.53. The number of nitrogens with one attached hydrogen (secondary N) is 1. The number of benzene rings is 1. The quantitative estimate of drug-likeness (QED) is 0.818. The Morgan fingerprint density at radius 3 is 2.68 bits per heavy atom. The predicted octanol–water partition coefficient (Wildman–Crippen LogP) is 1.98. The number of rotatable bonds is 6. The van der Waals surface area contributed by atoms with Crippen molar-refractivity contribution < 1.29 is 22.7 Å². The number of sulfonamides is 1. The van der Waals surface area contributed by atoms with E-state index in [1.165, 1.54) is 6.07 Å². The third-order valence-corrected chi connectivity index (χ3v) is 4.28. The summed E-state index contributed by atoms with van der Waals surface area (Å²) in [6.07, 6.45) is -0.161. The van der Waals surface area contributed by atoms with Gasteiger partial charge in [-0.15, -0.1) is 0 Å². The maximum absolute atomic E-state index is 13.5. The average molecular weight is 354 g/mol. The maximum Gasteiger partial charge on any atom is 0.303 e. The molecule has 1 aromatic carbocycles. The van der Waals surface area contributed by atoms with E-state index in [9.17, 15) is 17.6 Å². The van der Waals surface area contributed by atoms with E-state index in [4.69, 9.17) is 5.11 Å². The van der Waals surface area contributed by atoms with E-state index in [1.54, 1.807) is 6.92 Å². The molecule has 8 heteroatoms. The van der Waals surface area contributed by atoms with Gasteiger partial charge in [0.1, 0.15) is 10.7 Å². The lowest BCUT2D eigenvalue weighted by molar-refractivity contribution is -0.137. The van der Waals surface area contributed by atoms with Crippen LogP contribution in [0.5, 0.6) is 0 Å². The first-order valence-corrected chi connectivity index (χ1v) is 7.66. The van der Waals surface area contributed by atoms with Crippen molar-refractivity contribution in [1.29, 1.82) is 0 Å². The molecule has 5 nitrogen and oxygen atoms in total. The third kappa shape index (κ3) is 4.88. The summed E-state index contributed by atoms with van der Waals surface area (Å²) in [5.41, 5.74) is 0. The first-order chi connectivity index (χ1) is 8.72. The normalized spacial score (nSPS) is 13.2. The van der Waals surface area contributed by atoms with Crippen molar-refractivity contribution in [2.75, 3.05) is 6.54 Å². The second-order valence-corrected chi connectivity index (χ2v) is 6.78. The fourth-order valence-corrected chi connectivity index (χ4v) is 2.95. The Morgan fingerprint density at radius 1 is 1.53 bits per heavy atom. The van der Waals surface area contributed by atoms with Gasteiger partial charge >= 0.3 is 5.97 Å². The first-order valence-electron chi connectivity index (χ1n) is 5.39. The number of carboxylic acids is 1. The minimum atomic E-state index is -3.98. The molecule has 0 amide bonds. The van der Waals surface area contributed by atoms with Gasteiger partial charge in [0.15, 0.2) is 0 Å². The van der Waals surface area contributed by atoms with Crippen molar-refractivity contribution >= 4 is 31.9 Å². The molecule has 1 atom stereocenters. The van der Waals surface area contributed by atoms with Crippen molar-refractivity contribution in [3.8, 4) is 0 Å². The minimum Gasteiger partial charge on any atom is -0.481 e. The Labute approximate surface area is 119 Å². The second-order valence-electron chi connectivity index (χ2n) is 4.13. The van der Waals surface area contributed by atoms with Crippen LogP contribution in [0, 0.1) is 11.7 Å². The molecular formula is C11H13BrFNO4S. The van der Waals surface area contributed by atoms with E-state index in [2.05, 4.69) is 20.7 Å². The van der Waals surface area contributed by atoms with Crippen molar-refractivity contribution in [3.63, 3.8) is 0 Å². The predicted molar refractivity (Wildman–Crippen MR) is 70.7 cm³/mol. The van der Waals surface area contributed by atoms with Crippen LogP contribution in [0.15, 0.2) is 27.6 Å². The van der Waals surface area contributed by atoms with Gasteiger partial charge in [0.05, 0.1) is 0 Å². The highest BCUT2D eigenvalue weighted by molar-refractivity contribution is 9.10. The van der Waals surface area contributed by atoms with Gasteiger partial charge in [-0.25, -0.2) is 17.5 Å². The summed E-state index contributed by atoms with van der Waals surface area (Å²) in [5.74, 6) is -2.26. The standard InChI is InChI=1S/C11H13BrFNO4S/c1-7(4-11(15)16)6-14-19(17,18)10-3-2-8(12)5-9(10)13/h2-3,5,7,14H,4,6H2,1H3,(H,15,16). The van der Waals surface area contributed by atoms with Crippen molar-refractivity contribution in [2.45, 2.75) is 18.2 Å². The SMILES string of the molecule is CC(CNS(=O)(=O)c1ccc(Br)cc1F)CC(=O)O. The monoisotopic (exact) mass is 353 g/mol. The molecule has 0 saturated carbocycles. The Balaban J connectivity index is 2.79. The van der Waals surface area contributed by atoms with Crippen LogP contribution in [0.2, 0.25) is 0 Å². The zero-order valence-corrected chi connectivity index (χ0v) is 12.5. The van der Waals surface area contributed by atoms with E-state index in [0.29, 0.717) is 4.47 Å². The highest BCUT2D eigenvalue weighted by Gasteiger charge is 2.20. The number of aliphatic carboxylic acids is 1. The van der Waals surface area contributed by atoms with Crippen LogP contribution >= 0.6 is 15.9 Å². The number of carbonyl (C=O) groups is 1. The fourth-order valence-electron chi connectivity index (χ4n) is 1.39. The fraction of sp³-hybridized carbons (Fsp3) is 0.364. The topological polar surface area (TPSA) is 83.5 Å². The maximum atomic E-state index is 13.5. The van der Waals surface area contributed by atoms with Crippen molar-refractivity contribution in [1.82, 2.24) is 4.72 Å². The molecule has 106 valence electrons. The van der Waals surface area contributed by atoms with Crippen molar-refractivity contribution in [3.05, 3.63) is 28.5 Å². The Hall–Kier alpha value is -0.990. The Morgan fingerprint density at radius 2 is 2.16 bits per heavy atom. The smallest absolute Gasteiger partial charge is 0.303 e. The summed E-state index contributed by atoms with van der Waals surface area (Å²) < 4.78 is 39.8. The van der Waals surface area contributed by atoms with Crippen LogP contribution in [0.25, 0.3) is 0 Å². The number of hydrogen-bond donors (Lipinski definition) is 2. The van der Waals surface area contributed by atoms with Gasteiger partial charge < -0.3 is 5.11 Å². The number of hydrogen-bond acceptors (Lipinski definition) is 3. The van der Waals surface area contributed by atoms with E-state index in [0.717, 1.165) is 12.1 Å². The molecule has 0 spiro atoms. The third-order valence-electron chi connectivity index (χ3n) is 2.33. The molecule has 19 heavy (non-hydrogen) atoms. The van der Waals surface area contributed by atoms with Crippen LogP contribution in [-0.4, -0.2) is 26.0 Å². The molecular weight excluding hydrogens is 341 g/mol. The molecule has 0 aromatic heterocycles. The molecule has 0 saturated heterocycles. The van der Waals surface area contributed by atoms with E-state index in [1.807, 2.05) is 0 Å². The van der Waals surface area contributed by atoms with Crippen LogP contribution in [0.3, 0.4) is 0 Å². The molecule has 0 fully saturated rings. The molecule has 0 bridgehead atoms. The molecule has 1 aromatic rings. The summed E-state index contributed by atoms with van der Waals surface area (Å²) in [6, 6.07) is 3.61. The van der Waals surface area contributed by atoms with Gasteiger partial charge in [0.25, 0.3) is 0 Å². The van der Waals surface area contributed by atoms with Crippen LogP contribution in [-0.2, 0) is 14.8 Å². The van der Waals surface area contributed by atoms with Gasteiger partial charge in [-0.2, -0.15) is 0 Å². The van der Waals surface area contributed by atoms with Crippen LogP contribution in [0.1, 0.15) is 13.3 Å². The second kappa shape index (κ2) is 6.44.